The van der Waals surface area contributed by atoms with Crippen LogP contribution >= 0.6 is 15.9 Å². The van der Waals surface area contributed by atoms with E-state index in [1.807, 2.05) is 0 Å². The van der Waals surface area contributed by atoms with Gasteiger partial charge in [-0.05, 0) is 48.2 Å². The Hall–Kier alpha value is -1.27. The fraction of sp³-hybridized carbons (Fsp3) is 0.429. The molecular weight excluding hydrogens is 397 g/mol. The number of aliphatic hydroxyl groups is 1. The third-order valence-electron chi connectivity index (χ3n) is 5.28. The van der Waals surface area contributed by atoms with Crippen molar-refractivity contribution >= 4 is 15.9 Å². The Balaban J connectivity index is 1.76. The topological polar surface area (TPSA) is 32.7 Å². The normalized spacial score (nSPS) is 22.3. The van der Waals surface area contributed by atoms with Gasteiger partial charge in [0, 0.05) is 30.1 Å². The minimum Gasteiger partial charge on any atom is -0.396 e. The second-order valence-corrected chi connectivity index (χ2v) is 7.70. The molecule has 0 amide bonds. The highest BCUT2D eigenvalue weighted by molar-refractivity contribution is 9.10. The first kappa shape index (κ1) is 19.5. The number of benzene rings is 2. The molecule has 1 aliphatic rings. The van der Waals surface area contributed by atoms with Gasteiger partial charge in [0.15, 0.2) is 0 Å². The van der Waals surface area contributed by atoms with Crippen LogP contribution in [0.1, 0.15) is 43.4 Å². The van der Waals surface area contributed by atoms with Crippen LogP contribution in [0.2, 0.25) is 0 Å². The molecule has 1 saturated heterocycles. The van der Waals surface area contributed by atoms with Gasteiger partial charge in [-0.3, -0.25) is 4.90 Å². The largest absolute Gasteiger partial charge is 0.396 e. The lowest BCUT2D eigenvalue weighted by Crippen LogP contribution is -2.46. The summed E-state index contributed by atoms with van der Waals surface area (Å²) < 4.78 is 20.7. The van der Waals surface area contributed by atoms with E-state index in [4.69, 9.17) is 4.74 Å². The average molecular weight is 422 g/mol. The Labute approximate surface area is 162 Å². The van der Waals surface area contributed by atoms with E-state index in [2.05, 4.69) is 52.0 Å². The number of ether oxygens (including phenoxy) is 1. The summed E-state index contributed by atoms with van der Waals surface area (Å²) in [5.41, 5.74) is 1.66. The third kappa shape index (κ3) is 4.17. The molecule has 0 saturated carbocycles. The van der Waals surface area contributed by atoms with Crippen molar-refractivity contribution in [3.8, 4) is 0 Å². The van der Waals surface area contributed by atoms with Gasteiger partial charge >= 0.3 is 0 Å². The quantitative estimate of drug-likeness (QED) is 0.712. The molecule has 1 unspecified atom stereocenters. The molecule has 0 radical (unpaired) electrons. The van der Waals surface area contributed by atoms with Crippen LogP contribution in [0.4, 0.5) is 4.39 Å². The van der Waals surface area contributed by atoms with Gasteiger partial charge in [-0.15, -0.1) is 0 Å². The average Bonchev–Trinajstić information content (AvgIpc) is 2.66. The zero-order valence-corrected chi connectivity index (χ0v) is 16.6. The monoisotopic (exact) mass is 421 g/mol. The Morgan fingerprint density at radius 3 is 2.42 bits per heavy atom. The number of halogens is 2. The van der Waals surface area contributed by atoms with Gasteiger partial charge in [-0.2, -0.15) is 0 Å². The maximum atomic E-state index is 13.3. The minimum absolute atomic E-state index is 0.0430. The second kappa shape index (κ2) is 8.61. The summed E-state index contributed by atoms with van der Waals surface area (Å²) in [6, 6.07) is 15.2. The molecule has 2 aromatic rings. The highest BCUT2D eigenvalue weighted by Crippen LogP contribution is 2.39. The molecule has 3 nitrogen and oxygen atoms in total. The lowest BCUT2D eigenvalue weighted by molar-refractivity contribution is -0.163. The standard InChI is InChI=1S/C21H25BrFNO2/c1-2-20(16-3-7-18(22)8-4-16)24-13-11-21(12-14-25,26-15-24)17-5-9-19(23)10-6-17/h3-10,20,25H,2,11-15H2,1H3/t20-,21?/m0/s1. The van der Waals surface area contributed by atoms with Gasteiger partial charge in [0.1, 0.15) is 12.5 Å². The molecule has 0 aromatic heterocycles. The van der Waals surface area contributed by atoms with Crippen LogP contribution in [0.25, 0.3) is 0 Å². The second-order valence-electron chi connectivity index (χ2n) is 6.79. The van der Waals surface area contributed by atoms with Gasteiger partial charge < -0.3 is 9.84 Å². The van der Waals surface area contributed by atoms with Gasteiger partial charge in [0.25, 0.3) is 0 Å². The highest BCUT2D eigenvalue weighted by atomic mass is 79.9. The summed E-state index contributed by atoms with van der Waals surface area (Å²) in [7, 11) is 0. The van der Waals surface area contributed by atoms with E-state index in [0.717, 1.165) is 29.4 Å². The number of hydrogen-bond donors (Lipinski definition) is 1. The molecule has 5 heteroatoms. The summed E-state index contributed by atoms with van der Waals surface area (Å²) in [5.74, 6) is -0.258. The number of aliphatic hydroxyl groups excluding tert-OH is 1. The molecule has 2 aromatic carbocycles. The van der Waals surface area contributed by atoms with Crippen molar-refractivity contribution in [3.05, 3.63) is 69.9 Å². The minimum atomic E-state index is -0.545. The molecule has 0 bridgehead atoms. The van der Waals surface area contributed by atoms with E-state index in [1.165, 1.54) is 17.7 Å². The van der Waals surface area contributed by atoms with E-state index in [9.17, 15) is 9.50 Å². The first-order chi connectivity index (χ1) is 12.6. The zero-order chi connectivity index (χ0) is 18.6. The predicted octanol–water partition coefficient (Wildman–Crippen LogP) is 5.00. The third-order valence-corrected chi connectivity index (χ3v) is 5.81. The number of nitrogens with zero attached hydrogens (tertiary/aromatic N) is 1. The van der Waals surface area contributed by atoms with Gasteiger partial charge in [0.2, 0.25) is 0 Å². The van der Waals surface area contributed by atoms with Gasteiger partial charge in [-0.1, -0.05) is 47.1 Å². The molecule has 140 valence electrons. The van der Waals surface area contributed by atoms with E-state index in [1.54, 1.807) is 12.1 Å². The first-order valence-corrected chi connectivity index (χ1v) is 9.87. The number of rotatable bonds is 6. The summed E-state index contributed by atoms with van der Waals surface area (Å²) in [6.45, 7) is 3.58. The van der Waals surface area contributed by atoms with Crippen molar-refractivity contribution in [2.75, 3.05) is 19.9 Å². The van der Waals surface area contributed by atoms with Crippen LogP contribution in [0.5, 0.6) is 0 Å². The smallest absolute Gasteiger partial charge is 0.123 e. The zero-order valence-electron chi connectivity index (χ0n) is 15.0. The van der Waals surface area contributed by atoms with E-state index < -0.39 is 5.60 Å². The molecular formula is C21H25BrFNO2. The molecule has 3 rings (SSSR count). The van der Waals surface area contributed by atoms with Crippen molar-refractivity contribution < 1.29 is 14.2 Å². The van der Waals surface area contributed by atoms with E-state index in [0.29, 0.717) is 19.2 Å². The van der Waals surface area contributed by atoms with Crippen LogP contribution in [0.15, 0.2) is 53.0 Å². The lowest BCUT2D eigenvalue weighted by Gasteiger charge is -2.44. The molecule has 26 heavy (non-hydrogen) atoms. The Bertz CT molecular complexity index is 697. The van der Waals surface area contributed by atoms with Gasteiger partial charge in [0.05, 0.1) is 5.60 Å². The Morgan fingerprint density at radius 1 is 1.19 bits per heavy atom. The number of hydrogen-bond acceptors (Lipinski definition) is 3. The van der Waals surface area contributed by atoms with Crippen LogP contribution in [0, 0.1) is 5.82 Å². The van der Waals surface area contributed by atoms with Crippen LogP contribution < -0.4 is 0 Å². The maximum Gasteiger partial charge on any atom is 0.123 e. The van der Waals surface area contributed by atoms with Crippen molar-refractivity contribution in [3.63, 3.8) is 0 Å². The predicted molar refractivity (Wildman–Crippen MR) is 104 cm³/mol. The Kier molecular flexibility index (Phi) is 6.46. The SMILES string of the molecule is CC[C@@H](c1ccc(Br)cc1)N1CCC(CCO)(c2ccc(F)cc2)OC1. The molecule has 0 spiro atoms. The van der Waals surface area contributed by atoms with Crippen LogP contribution in [-0.4, -0.2) is 29.9 Å². The summed E-state index contributed by atoms with van der Waals surface area (Å²) in [6.07, 6.45) is 2.28. The van der Waals surface area contributed by atoms with E-state index >= 15 is 0 Å². The molecule has 0 aliphatic carbocycles. The molecule has 1 fully saturated rings. The van der Waals surface area contributed by atoms with Crippen molar-refractivity contribution in [1.82, 2.24) is 4.90 Å². The van der Waals surface area contributed by atoms with Crippen molar-refractivity contribution in [1.29, 1.82) is 0 Å². The van der Waals surface area contributed by atoms with Crippen molar-refractivity contribution in [2.24, 2.45) is 0 Å². The van der Waals surface area contributed by atoms with E-state index in [-0.39, 0.29) is 12.4 Å². The van der Waals surface area contributed by atoms with Gasteiger partial charge in [-0.25, -0.2) is 4.39 Å². The first-order valence-electron chi connectivity index (χ1n) is 9.08. The lowest BCUT2D eigenvalue weighted by atomic mass is 9.85. The fourth-order valence-corrected chi connectivity index (χ4v) is 4.07. The van der Waals surface area contributed by atoms with Crippen molar-refractivity contribution in [2.45, 2.75) is 37.8 Å². The highest BCUT2D eigenvalue weighted by Gasteiger charge is 2.38. The maximum absolute atomic E-state index is 13.3. The molecule has 2 atom stereocenters. The van der Waals surface area contributed by atoms with Crippen LogP contribution in [-0.2, 0) is 10.3 Å². The fourth-order valence-electron chi connectivity index (χ4n) is 3.81. The summed E-state index contributed by atoms with van der Waals surface area (Å²) in [4.78, 5) is 2.34. The molecule has 1 aliphatic heterocycles. The summed E-state index contributed by atoms with van der Waals surface area (Å²) in [5, 5.41) is 9.55. The molecule has 1 heterocycles. The van der Waals surface area contributed by atoms with Crippen LogP contribution in [0.3, 0.4) is 0 Å². The summed E-state index contributed by atoms with van der Waals surface area (Å²) >= 11 is 3.49. The molecule has 1 N–H and O–H groups in total. The Morgan fingerprint density at radius 2 is 1.88 bits per heavy atom.